The summed E-state index contributed by atoms with van der Waals surface area (Å²) in [6, 6.07) is 10.3. The van der Waals surface area contributed by atoms with Crippen LogP contribution in [0.15, 0.2) is 40.8 Å². The highest BCUT2D eigenvalue weighted by Crippen LogP contribution is 2.28. The first kappa shape index (κ1) is 12.7. The summed E-state index contributed by atoms with van der Waals surface area (Å²) in [7, 11) is 0. The summed E-state index contributed by atoms with van der Waals surface area (Å²) in [5.74, 6) is -0.669. The van der Waals surface area contributed by atoms with E-state index in [1.807, 2.05) is 19.1 Å². The van der Waals surface area contributed by atoms with Crippen LogP contribution in [0.2, 0.25) is 5.02 Å². The smallest absolute Gasteiger partial charge is 0.338 e. The number of oxazole rings is 1. The van der Waals surface area contributed by atoms with Gasteiger partial charge in [0, 0.05) is 10.6 Å². The zero-order valence-electron chi connectivity index (χ0n) is 10.6. The SMILES string of the molecule is Cc1cc(Cl)cc(-c2nc3c(C(=O)O)cccc3o2)c1. The number of benzene rings is 2. The van der Waals surface area contributed by atoms with Crippen LogP contribution >= 0.6 is 11.6 Å². The van der Waals surface area contributed by atoms with Gasteiger partial charge in [-0.3, -0.25) is 0 Å². The Hall–Kier alpha value is -2.33. The number of aryl methyl sites for hydroxylation is 1. The van der Waals surface area contributed by atoms with Crippen molar-refractivity contribution in [1.29, 1.82) is 0 Å². The number of halogens is 1. The normalized spacial score (nSPS) is 10.9. The van der Waals surface area contributed by atoms with Gasteiger partial charge in [-0.05, 0) is 42.8 Å². The summed E-state index contributed by atoms with van der Waals surface area (Å²) in [6.07, 6.45) is 0. The van der Waals surface area contributed by atoms with Crippen molar-refractivity contribution in [3.05, 3.63) is 52.5 Å². The summed E-state index contributed by atoms with van der Waals surface area (Å²) < 4.78 is 5.62. The van der Waals surface area contributed by atoms with Crippen molar-refractivity contribution < 1.29 is 14.3 Å². The van der Waals surface area contributed by atoms with Crippen molar-refractivity contribution in [2.75, 3.05) is 0 Å². The topological polar surface area (TPSA) is 63.3 Å². The summed E-state index contributed by atoms with van der Waals surface area (Å²) in [4.78, 5) is 15.4. The lowest BCUT2D eigenvalue weighted by atomic mass is 10.1. The highest BCUT2D eigenvalue weighted by molar-refractivity contribution is 6.30. The van der Waals surface area contributed by atoms with Crippen LogP contribution in [0.4, 0.5) is 0 Å². The molecule has 1 N–H and O–H groups in total. The molecule has 0 amide bonds. The molecule has 0 saturated heterocycles. The standard InChI is InChI=1S/C15H10ClNO3/c1-8-5-9(7-10(16)6-8)14-17-13-11(15(18)19)3-2-4-12(13)20-14/h2-7H,1H3,(H,18,19). The predicted octanol–water partition coefficient (Wildman–Crippen LogP) is 4.15. The van der Waals surface area contributed by atoms with E-state index in [4.69, 9.17) is 21.1 Å². The van der Waals surface area contributed by atoms with Gasteiger partial charge in [0.15, 0.2) is 5.58 Å². The van der Waals surface area contributed by atoms with Gasteiger partial charge in [0.2, 0.25) is 5.89 Å². The lowest BCUT2D eigenvalue weighted by Crippen LogP contribution is -1.96. The number of para-hydroxylation sites is 1. The van der Waals surface area contributed by atoms with Crippen LogP contribution in [0, 0.1) is 6.92 Å². The van der Waals surface area contributed by atoms with Gasteiger partial charge >= 0.3 is 5.97 Å². The molecule has 0 aliphatic rings. The van der Waals surface area contributed by atoms with E-state index in [0.29, 0.717) is 22.0 Å². The fraction of sp³-hybridized carbons (Fsp3) is 0.0667. The van der Waals surface area contributed by atoms with Gasteiger partial charge in [-0.2, -0.15) is 0 Å². The third-order valence-corrected chi connectivity index (χ3v) is 3.16. The summed E-state index contributed by atoms with van der Waals surface area (Å²) >= 11 is 6.02. The minimum Gasteiger partial charge on any atom is -0.478 e. The maximum atomic E-state index is 11.2. The highest BCUT2D eigenvalue weighted by Gasteiger charge is 2.15. The molecule has 100 valence electrons. The number of nitrogens with zero attached hydrogens (tertiary/aromatic N) is 1. The Morgan fingerprint density at radius 2 is 2.10 bits per heavy atom. The van der Waals surface area contributed by atoms with Crippen LogP contribution in [-0.2, 0) is 0 Å². The fourth-order valence-corrected chi connectivity index (χ4v) is 2.39. The van der Waals surface area contributed by atoms with Crippen LogP contribution in [0.1, 0.15) is 15.9 Å². The average Bonchev–Trinajstić information content (AvgIpc) is 2.80. The Morgan fingerprint density at radius 3 is 2.80 bits per heavy atom. The van der Waals surface area contributed by atoms with E-state index in [1.54, 1.807) is 18.2 Å². The molecule has 1 heterocycles. The number of aromatic carboxylic acids is 1. The van der Waals surface area contributed by atoms with E-state index in [2.05, 4.69) is 4.98 Å². The van der Waals surface area contributed by atoms with Crippen LogP contribution < -0.4 is 0 Å². The van der Waals surface area contributed by atoms with Gasteiger partial charge in [0.05, 0.1) is 5.56 Å². The van der Waals surface area contributed by atoms with Crippen molar-refractivity contribution in [2.45, 2.75) is 6.92 Å². The first-order valence-electron chi connectivity index (χ1n) is 5.95. The molecule has 3 aromatic rings. The van der Waals surface area contributed by atoms with Crippen LogP contribution in [0.3, 0.4) is 0 Å². The van der Waals surface area contributed by atoms with Gasteiger partial charge in [0.25, 0.3) is 0 Å². The molecule has 0 saturated carbocycles. The lowest BCUT2D eigenvalue weighted by molar-refractivity contribution is 0.0699. The first-order valence-corrected chi connectivity index (χ1v) is 6.33. The second-order valence-corrected chi connectivity index (χ2v) is 4.93. The zero-order valence-corrected chi connectivity index (χ0v) is 11.3. The molecular formula is C15H10ClNO3. The van der Waals surface area contributed by atoms with Crippen LogP contribution in [0.25, 0.3) is 22.6 Å². The minimum atomic E-state index is -1.03. The molecule has 0 fully saturated rings. The largest absolute Gasteiger partial charge is 0.478 e. The molecule has 0 bridgehead atoms. The van der Waals surface area contributed by atoms with E-state index in [9.17, 15) is 4.79 Å². The molecule has 4 nitrogen and oxygen atoms in total. The number of carboxylic acid groups (broad SMARTS) is 1. The Morgan fingerprint density at radius 1 is 1.30 bits per heavy atom. The van der Waals surface area contributed by atoms with E-state index in [0.717, 1.165) is 11.1 Å². The maximum Gasteiger partial charge on any atom is 0.338 e. The number of hydrogen-bond acceptors (Lipinski definition) is 3. The first-order chi connectivity index (χ1) is 9.54. The van der Waals surface area contributed by atoms with Crippen molar-refractivity contribution >= 4 is 28.7 Å². The third-order valence-electron chi connectivity index (χ3n) is 2.94. The van der Waals surface area contributed by atoms with Gasteiger partial charge in [-0.15, -0.1) is 0 Å². The molecule has 0 atom stereocenters. The number of fused-ring (bicyclic) bond motifs is 1. The summed E-state index contributed by atoms with van der Waals surface area (Å²) in [5, 5.41) is 9.73. The lowest BCUT2D eigenvalue weighted by Gasteiger charge is -1.99. The van der Waals surface area contributed by atoms with E-state index in [1.165, 1.54) is 6.07 Å². The van der Waals surface area contributed by atoms with Gasteiger partial charge in [0.1, 0.15) is 5.52 Å². The molecule has 1 aromatic heterocycles. The summed E-state index contributed by atoms with van der Waals surface area (Å²) in [5.41, 5.74) is 2.61. The van der Waals surface area contributed by atoms with E-state index >= 15 is 0 Å². The second kappa shape index (κ2) is 4.65. The molecule has 0 spiro atoms. The van der Waals surface area contributed by atoms with Crippen LogP contribution in [-0.4, -0.2) is 16.1 Å². The second-order valence-electron chi connectivity index (χ2n) is 4.49. The molecule has 0 aliphatic heterocycles. The number of carbonyl (C=O) groups is 1. The molecule has 0 aliphatic carbocycles. The Bertz CT molecular complexity index is 803. The molecule has 20 heavy (non-hydrogen) atoms. The number of rotatable bonds is 2. The molecule has 3 rings (SSSR count). The van der Waals surface area contributed by atoms with Gasteiger partial charge in [-0.25, -0.2) is 9.78 Å². The molecule has 5 heteroatoms. The van der Waals surface area contributed by atoms with Crippen molar-refractivity contribution in [2.24, 2.45) is 0 Å². The third kappa shape index (κ3) is 2.14. The number of carboxylic acids is 1. The predicted molar refractivity (Wildman–Crippen MR) is 76.2 cm³/mol. The summed E-state index contributed by atoms with van der Waals surface area (Å²) in [6.45, 7) is 1.92. The minimum absolute atomic E-state index is 0.122. The Labute approximate surface area is 119 Å². The highest BCUT2D eigenvalue weighted by atomic mass is 35.5. The van der Waals surface area contributed by atoms with Crippen molar-refractivity contribution in [3.63, 3.8) is 0 Å². The van der Waals surface area contributed by atoms with E-state index in [-0.39, 0.29) is 5.56 Å². The van der Waals surface area contributed by atoms with Gasteiger partial charge in [-0.1, -0.05) is 17.7 Å². The molecular weight excluding hydrogens is 278 g/mol. The van der Waals surface area contributed by atoms with Gasteiger partial charge < -0.3 is 9.52 Å². The molecule has 2 aromatic carbocycles. The Balaban J connectivity index is 2.23. The quantitative estimate of drug-likeness (QED) is 0.769. The monoisotopic (exact) mass is 287 g/mol. The Kier molecular flexibility index (Phi) is 2.95. The number of hydrogen-bond donors (Lipinski definition) is 1. The molecule has 0 radical (unpaired) electrons. The van der Waals surface area contributed by atoms with E-state index < -0.39 is 5.97 Å². The van der Waals surface area contributed by atoms with Crippen molar-refractivity contribution in [3.8, 4) is 11.5 Å². The fourth-order valence-electron chi connectivity index (χ4n) is 2.10. The zero-order chi connectivity index (χ0) is 14.3. The molecule has 0 unspecified atom stereocenters. The maximum absolute atomic E-state index is 11.2. The van der Waals surface area contributed by atoms with Crippen molar-refractivity contribution in [1.82, 2.24) is 4.98 Å². The number of aromatic nitrogens is 1. The van der Waals surface area contributed by atoms with Crippen LogP contribution in [0.5, 0.6) is 0 Å². The average molecular weight is 288 g/mol.